The number of aliphatic hydroxyl groups is 2. The molecule has 3 N–H and O–H groups in total. The maximum absolute atomic E-state index is 11.0. The molecule has 5 nitrogen and oxygen atoms in total. The first-order valence-electron chi connectivity index (χ1n) is 11.0. The van der Waals surface area contributed by atoms with Crippen LogP contribution in [0.1, 0.15) is 53.9 Å². The van der Waals surface area contributed by atoms with Gasteiger partial charge < -0.3 is 24.8 Å². The van der Waals surface area contributed by atoms with Crippen molar-refractivity contribution in [3.8, 4) is 5.75 Å². The van der Waals surface area contributed by atoms with Crippen LogP contribution in [0.4, 0.5) is 0 Å². The van der Waals surface area contributed by atoms with Crippen LogP contribution in [0.3, 0.4) is 0 Å². The molecule has 1 saturated heterocycles. The number of nitrogens with one attached hydrogen (secondary N) is 1. The molecule has 0 amide bonds. The van der Waals surface area contributed by atoms with Gasteiger partial charge in [0.25, 0.3) is 0 Å². The number of para-hydroxylation sites is 1. The number of aromatic nitrogens is 1. The zero-order valence-corrected chi connectivity index (χ0v) is 18.7. The third kappa shape index (κ3) is 3.74. The van der Waals surface area contributed by atoms with Crippen LogP contribution in [0, 0.1) is 13.8 Å². The molecule has 0 aliphatic carbocycles. The zero-order valence-electron chi connectivity index (χ0n) is 18.0. The van der Waals surface area contributed by atoms with E-state index in [0.29, 0.717) is 18.0 Å². The Kier molecular flexibility index (Phi) is 5.25. The van der Waals surface area contributed by atoms with E-state index in [9.17, 15) is 10.2 Å². The van der Waals surface area contributed by atoms with Gasteiger partial charge in [-0.2, -0.15) is 0 Å². The Hall–Kier alpha value is -2.05. The highest BCUT2D eigenvalue weighted by molar-refractivity contribution is 6.31. The number of hydrogen-bond acceptors (Lipinski definition) is 4. The summed E-state index contributed by atoms with van der Waals surface area (Å²) in [4.78, 5) is 5.68. The topological polar surface area (TPSA) is 68.7 Å². The molecule has 2 aliphatic heterocycles. The first kappa shape index (κ1) is 20.8. The summed E-state index contributed by atoms with van der Waals surface area (Å²) < 4.78 is 6.46. The van der Waals surface area contributed by atoms with Crippen LogP contribution in [0.2, 0.25) is 5.02 Å². The lowest BCUT2D eigenvalue weighted by molar-refractivity contribution is -0.0587. The van der Waals surface area contributed by atoms with Crippen LogP contribution in [0.5, 0.6) is 5.75 Å². The Morgan fingerprint density at radius 2 is 1.97 bits per heavy atom. The van der Waals surface area contributed by atoms with E-state index >= 15 is 0 Å². The van der Waals surface area contributed by atoms with Crippen LogP contribution in [0.15, 0.2) is 36.4 Å². The normalized spacial score (nSPS) is 21.8. The van der Waals surface area contributed by atoms with Crippen LogP contribution >= 0.6 is 11.6 Å². The van der Waals surface area contributed by atoms with Crippen molar-refractivity contribution in [2.45, 2.75) is 50.9 Å². The predicted octanol–water partition coefficient (Wildman–Crippen LogP) is 4.82. The standard InChI is InChI=1S/C25H29ClN2O3/c1-15-11-23-18(12-19(15)26)21(29)13-25(31-23)7-9-28(10-8-25)14-22(30)24-16(2)27-20-6-4-3-5-17(20)24/h3-6,11-12,21-22,27,29-30H,7-10,13-14H2,1-2H3/t21-,22-/m1/s1. The minimum absolute atomic E-state index is 0.356. The van der Waals surface area contributed by atoms with Gasteiger partial charge in [-0.05, 0) is 50.5 Å². The molecule has 2 atom stereocenters. The zero-order chi connectivity index (χ0) is 21.8. The molecule has 2 aliphatic rings. The van der Waals surface area contributed by atoms with Crippen molar-refractivity contribution >= 4 is 22.5 Å². The summed E-state index contributed by atoms with van der Waals surface area (Å²) in [5, 5.41) is 23.5. The molecular formula is C25H29ClN2O3. The number of benzene rings is 2. The van der Waals surface area contributed by atoms with Crippen molar-refractivity contribution in [3.63, 3.8) is 0 Å². The van der Waals surface area contributed by atoms with Gasteiger partial charge in [0, 0.05) is 58.8 Å². The van der Waals surface area contributed by atoms with Crippen molar-refractivity contribution in [3.05, 3.63) is 63.8 Å². The summed E-state index contributed by atoms with van der Waals surface area (Å²) in [5.74, 6) is 0.753. The molecule has 2 aromatic carbocycles. The van der Waals surface area contributed by atoms with Crippen molar-refractivity contribution < 1.29 is 14.9 Å². The molecule has 3 heterocycles. The van der Waals surface area contributed by atoms with E-state index in [1.807, 2.05) is 44.2 Å². The highest BCUT2D eigenvalue weighted by atomic mass is 35.5. The highest BCUT2D eigenvalue weighted by Crippen LogP contribution is 2.46. The number of rotatable bonds is 3. The number of nitrogens with zero attached hydrogens (tertiary/aromatic N) is 1. The highest BCUT2D eigenvalue weighted by Gasteiger charge is 2.43. The molecule has 1 spiro atoms. The fourth-order valence-electron chi connectivity index (χ4n) is 5.27. The van der Waals surface area contributed by atoms with Crippen molar-refractivity contribution in [1.29, 1.82) is 0 Å². The van der Waals surface area contributed by atoms with Gasteiger partial charge in [0.2, 0.25) is 0 Å². The number of aryl methyl sites for hydroxylation is 2. The van der Waals surface area contributed by atoms with E-state index in [1.54, 1.807) is 0 Å². The molecule has 0 bridgehead atoms. The molecule has 31 heavy (non-hydrogen) atoms. The van der Waals surface area contributed by atoms with E-state index in [4.69, 9.17) is 16.3 Å². The second-order valence-electron chi connectivity index (χ2n) is 9.17. The summed E-state index contributed by atoms with van der Waals surface area (Å²) in [7, 11) is 0. The number of aliphatic hydroxyl groups excluding tert-OH is 2. The number of fused-ring (bicyclic) bond motifs is 2. The van der Waals surface area contributed by atoms with Crippen LogP contribution in [-0.2, 0) is 0 Å². The molecular weight excluding hydrogens is 412 g/mol. The minimum atomic E-state index is -0.562. The maximum Gasteiger partial charge on any atom is 0.126 e. The van der Waals surface area contributed by atoms with Crippen molar-refractivity contribution in [2.75, 3.05) is 19.6 Å². The second kappa shape index (κ2) is 7.82. The number of β-amino-alcohol motifs (C(OH)–C–C–N with tert-alkyl or cyclic N) is 1. The van der Waals surface area contributed by atoms with Gasteiger partial charge in [-0.25, -0.2) is 0 Å². The monoisotopic (exact) mass is 440 g/mol. The molecule has 5 rings (SSSR count). The largest absolute Gasteiger partial charge is 0.487 e. The molecule has 164 valence electrons. The fraction of sp³-hybridized carbons (Fsp3) is 0.440. The SMILES string of the molecule is Cc1cc2c(cc1Cl)[C@H](O)CC1(CCN(C[C@@H](O)c3c(C)[nH]c4ccccc34)CC1)O2. The molecule has 0 radical (unpaired) electrons. The van der Waals surface area contributed by atoms with E-state index in [1.165, 1.54) is 0 Å². The molecule has 0 unspecified atom stereocenters. The second-order valence-corrected chi connectivity index (χ2v) is 9.58. The first-order chi connectivity index (χ1) is 14.8. The number of piperidine rings is 1. The molecule has 0 saturated carbocycles. The van der Waals surface area contributed by atoms with Gasteiger partial charge in [-0.1, -0.05) is 29.8 Å². The quantitative estimate of drug-likeness (QED) is 0.546. The Labute approximate surface area is 187 Å². The lowest BCUT2D eigenvalue weighted by Gasteiger charge is -2.46. The van der Waals surface area contributed by atoms with E-state index in [2.05, 4.69) is 16.0 Å². The number of halogens is 1. The summed E-state index contributed by atoms with van der Waals surface area (Å²) in [6.07, 6.45) is 1.12. The number of hydrogen-bond donors (Lipinski definition) is 3. The maximum atomic E-state index is 11.0. The number of H-pyrrole nitrogens is 1. The summed E-state index contributed by atoms with van der Waals surface area (Å²) in [6, 6.07) is 11.9. The average molecular weight is 441 g/mol. The third-order valence-electron chi connectivity index (χ3n) is 7.02. The Morgan fingerprint density at radius 3 is 2.74 bits per heavy atom. The molecule has 6 heteroatoms. The Morgan fingerprint density at radius 1 is 1.23 bits per heavy atom. The van der Waals surface area contributed by atoms with Crippen LogP contribution in [-0.4, -0.2) is 45.3 Å². The molecule has 1 fully saturated rings. The van der Waals surface area contributed by atoms with Gasteiger partial charge in [-0.15, -0.1) is 0 Å². The van der Waals surface area contributed by atoms with Gasteiger partial charge in [-0.3, -0.25) is 0 Å². The molecule has 3 aromatic rings. The van der Waals surface area contributed by atoms with Gasteiger partial charge in [0.05, 0.1) is 12.2 Å². The van der Waals surface area contributed by atoms with Gasteiger partial charge in [0.1, 0.15) is 11.4 Å². The van der Waals surface area contributed by atoms with E-state index in [0.717, 1.165) is 65.0 Å². The minimum Gasteiger partial charge on any atom is -0.487 e. The summed E-state index contributed by atoms with van der Waals surface area (Å²) in [6.45, 7) is 6.22. The smallest absolute Gasteiger partial charge is 0.126 e. The fourth-order valence-corrected chi connectivity index (χ4v) is 5.44. The van der Waals surface area contributed by atoms with E-state index in [-0.39, 0.29) is 5.60 Å². The van der Waals surface area contributed by atoms with Crippen molar-refractivity contribution in [2.24, 2.45) is 0 Å². The Balaban J connectivity index is 1.28. The third-order valence-corrected chi connectivity index (χ3v) is 7.42. The predicted molar refractivity (Wildman–Crippen MR) is 123 cm³/mol. The lowest BCUT2D eigenvalue weighted by atomic mass is 9.81. The number of ether oxygens (including phenoxy) is 1. The first-order valence-corrected chi connectivity index (χ1v) is 11.4. The lowest BCUT2D eigenvalue weighted by Crippen LogP contribution is -2.51. The summed E-state index contributed by atoms with van der Waals surface area (Å²) >= 11 is 6.25. The van der Waals surface area contributed by atoms with Crippen LogP contribution in [0.25, 0.3) is 10.9 Å². The summed E-state index contributed by atoms with van der Waals surface area (Å²) in [5.41, 5.74) is 4.46. The molecule has 1 aromatic heterocycles. The van der Waals surface area contributed by atoms with Crippen LogP contribution < -0.4 is 4.74 Å². The van der Waals surface area contributed by atoms with Crippen molar-refractivity contribution in [1.82, 2.24) is 9.88 Å². The average Bonchev–Trinajstić information content (AvgIpc) is 3.07. The van der Waals surface area contributed by atoms with Gasteiger partial charge >= 0.3 is 0 Å². The number of aromatic amines is 1. The van der Waals surface area contributed by atoms with Gasteiger partial charge in [0.15, 0.2) is 0 Å². The van der Waals surface area contributed by atoms with E-state index < -0.39 is 12.2 Å². The Bertz CT molecular complexity index is 1120. The number of likely N-dealkylation sites (tertiary alicyclic amines) is 1.